The van der Waals surface area contributed by atoms with Crippen LogP contribution in [0.25, 0.3) is 0 Å². The van der Waals surface area contributed by atoms with E-state index < -0.39 is 11.6 Å². The molecule has 1 aromatic heterocycles. The number of ether oxygens (including phenoxy) is 2. The van der Waals surface area contributed by atoms with Gasteiger partial charge in [0.25, 0.3) is 0 Å². The first-order valence-electron chi connectivity index (χ1n) is 7.39. The third-order valence-electron chi connectivity index (χ3n) is 3.37. The van der Waals surface area contributed by atoms with Crippen molar-refractivity contribution < 1.29 is 23.5 Å². The third kappa shape index (κ3) is 4.37. The van der Waals surface area contributed by atoms with Gasteiger partial charge in [0, 0.05) is 13.1 Å². The molecule has 0 N–H and O–H groups in total. The number of hydrogen-bond donors (Lipinski definition) is 0. The van der Waals surface area contributed by atoms with E-state index in [1.54, 1.807) is 11.8 Å². The van der Waals surface area contributed by atoms with Gasteiger partial charge >= 0.3 is 12.1 Å². The number of alkyl halides is 1. The molecule has 2 rings (SSSR count). The zero-order valence-corrected chi connectivity index (χ0v) is 14.5. The van der Waals surface area contributed by atoms with Gasteiger partial charge < -0.3 is 18.8 Å². The van der Waals surface area contributed by atoms with Crippen LogP contribution in [0.4, 0.5) is 4.79 Å². The fourth-order valence-electron chi connectivity index (χ4n) is 2.35. The minimum atomic E-state index is -0.641. The number of likely N-dealkylation sites (tertiary alicyclic amines) is 1. The molecule has 0 bridgehead atoms. The highest BCUT2D eigenvalue weighted by Gasteiger charge is 2.34. The van der Waals surface area contributed by atoms with Gasteiger partial charge in [0.2, 0.25) is 11.7 Å². The van der Waals surface area contributed by atoms with Gasteiger partial charge in [-0.1, -0.05) is 11.6 Å². The second-order valence-electron chi connectivity index (χ2n) is 6.42. The van der Waals surface area contributed by atoms with E-state index in [4.69, 9.17) is 25.5 Å². The van der Waals surface area contributed by atoms with Crippen molar-refractivity contribution in [2.75, 3.05) is 19.2 Å². The Morgan fingerprint density at radius 1 is 1.43 bits per heavy atom. The summed E-state index contributed by atoms with van der Waals surface area (Å²) < 4.78 is 15.6. The van der Waals surface area contributed by atoms with Crippen molar-refractivity contribution >= 4 is 23.7 Å². The zero-order chi connectivity index (χ0) is 17.2. The topological polar surface area (TPSA) is 81.9 Å². The Morgan fingerprint density at radius 3 is 2.74 bits per heavy atom. The second-order valence-corrected chi connectivity index (χ2v) is 6.64. The normalized spacial score (nSPS) is 18.1. The Balaban J connectivity index is 2.03. The van der Waals surface area contributed by atoms with Crippen molar-refractivity contribution in [1.29, 1.82) is 0 Å². The lowest BCUT2D eigenvalue weighted by molar-refractivity contribution is 0.0290. The highest BCUT2D eigenvalue weighted by atomic mass is 35.5. The largest absolute Gasteiger partial charge is 0.444 e. The van der Waals surface area contributed by atoms with E-state index in [-0.39, 0.29) is 23.8 Å². The maximum absolute atomic E-state index is 12.1. The molecular formula is C15H21ClN2O5. The van der Waals surface area contributed by atoms with Crippen LogP contribution in [0.3, 0.4) is 0 Å². The molecule has 1 fully saturated rings. The molecule has 1 aromatic rings. The van der Waals surface area contributed by atoms with Crippen LogP contribution in [0.15, 0.2) is 4.42 Å². The smallest absolute Gasteiger partial charge is 0.410 e. The fourth-order valence-corrected chi connectivity index (χ4v) is 2.45. The van der Waals surface area contributed by atoms with Gasteiger partial charge in [-0.2, -0.15) is 0 Å². The molecule has 128 valence electrons. The molecule has 0 aromatic carbocycles. The predicted molar refractivity (Wildman–Crippen MR) is 82.5 cm³/mol. The van der Waals surface area contributed by atoms with Gasteiger partial charge in [0.1, 0.15) is 5.60 Å². The highest BCUT2D eigenvalue weighted by Crippen LogP contribution is 2.29. The molecule has 0 spiro atoms. The zero-order valence-electron chi connectivity index (χ0n) is 13.7. The van der Waals surface area contributed by atoms with E-state index in [9.17, 15) is 9.59 Å². The monoisotopic (exact) mass is 344 g/mol. The van der Waals surface area contributed by atoms with E-state index in [2.05, 4.69) is 4.98 Å². The number of amides is 1. The predicted octanol–water partition coefficient (Wildman–Crippen LogP) is 3.06. The highest BCUT2D eigenvalue weighted by molar-refractivity contribution is 6.17. The number of aromatic nitrogens is 1. The number of oxazole rings is 1. The standard InChI is InChI=1S/C15H21ClN2O5/c1-9-11(13(19)21-8-16)22-12(17-9)10-5-6-18(7-10)14(20)23-15(2,3)4/h10H,5-8H2,1-4H3. The Morgan fingerprint density at radius 2 is 2.13 bits per heavy atom. The number of hydrogen-bond acceptors (Lipinski definition) is 6. The molecule has 0 saturated carbocycles. The number of esters is 1. The summed E-state index contributed by atoms with van der Waals surface area (Å²) in [6.07, 6.45) is 0.341. The van der Waals surface area contributed by atoms with E-state index in [0.717, 1.165) is 0 Å². The Kier molecular flexibility index (Phi) is 5.19. The summed E-state index contributed by atoms with van der Waals surface area (Å²) in [6, 6.07) is -0.246. The molecule has 23 heavy (non-hydrogen) atoms. The maximum atomic E-state index is 12.1. The van der Waals surface area contributed by atoms with E-state index in [0.29, 0.717) is 31.1 Å². The van der Waals surface area contributed by atoms with Crippen LogP contribution in [0.1, 0.15) is 55.2 Å². The lowest BCUT2D eigenvalue weighted by Gasteiger charge is -2.24. The number of halogens is 1. The third-order valence-corrected chi connectivity index (χ3v) is 3.48. The maximum Gasteiger partial charge on any atom is 0.410 e. The van der Waals surface area contributed by atoms with Gasteiger partial charge in [-0.15, -0.1) is 0 Å². The van der Waals surface area contributed by atoms with Gasteiger partial charge in [0.15, 0.2) is 6.07 Å². The van der Waals surface area contributed by atoms with Crippen LogP contribution in [0.2, 0.25) is 0 Å². The summed E-state index contributed by atoms with van der Waals surface area (Å²) in [5.74, 6) is -0.233. The average Bonchev–Trinajstić information content (AvgIpc) is 3.03. The second kappa shape index (κ2) is 6.78. The quantitative estimate of drug-likeness (QED) is 0.619. The first kappa shape index (κ1) is 17.6. The van der Waals surface area contributed by atoms with Crippen LogP contribution in [0, 0.1) is 6.92 Å². The molecule has 1 amide bonds. The Hall–Kier alpha value is -1.76. The summed E-state index contributed by atoms with van der Waals surface area (Å²) in [5.41, 5.74) is -0.0847. The van der Waals surface area contributed by atoms with E-state index in [1.165, 1.54) is 0 Å². The lowest BCUT2D eigenvalue weighted by atomic mass is 10.1. The number of carbonyl (C=O) groups is 2. The van der Waals surface area contributed by atoms with Crippen molar-refractivity contribution in [2.45, 2.75) is 45.6 Å². The Labute approximate surface area is 139 Å². The van der Waals surface area contributed by atoms with E-state index >= 15 is 0 Å². The SMILES string of the molecule is Cc1nc(C2CCN(C(=O)OC(C)(C)C)C2)oc1C(=O)OCCl. The summed E-state index contributed by atoms with van der Waals surface area (Å²) in [6.45, 7) is 8.14. The van der Waals surface area contributed by atoms with Crippen LogP contribution < -0.4 is 0 Å². The molecule has 7 nitrogen and oxygen atoms in total. The Bertz CT molecular complexity index is 593. The van der Waals surface area contributed by atoms with Crippen molar-refractivity contribution in [2.24, 2.45) is 0 Å². The summed E-state index contributed by atoms with van der Waals surface area (Å²) in [5, 5.41) is 0. The first-order chi connectivity index (χ1) is 10.7. The van der Waals surface area contributed by atoms with Gasteiger partial charge in [-0.25, -0.2) is 14.6 Å². The van der Waals surface area contributed by atoms with E-state index in [1.807, 2.05) is 20.8 Å². The molecule has 1 saturated heterocycles. The van der Waals surface area contributed by atoms with Gasteiger partial charge in [-0.05, 0) is 34.1 Å². The lowest BCUT2D eigenvalue weighted by Crippen LogP contribution is -2.35. The minimum Gasteiger partial charge on any atom is -0.444 e. The summed E-state index contributed by atoms with van der Waals surface area (Å²) in [4.78, 5) is 29.7. The van der Waals surface area contributed by atoms with Gasteiger partial charge in [-0.3, -0.25) is 0 Å². The van der Waals surface area contributed by atoms with Crippen LogP contribution >= 0.6 is 11.6 Å². The molecule has 2 heterocycles. The molecule has 0 aliphatic carbocycles. The molecule has 1 unspecified atom stereocenters. The number of rotatable bonds is 3. The molecule has 1 aliphatic rings. The summed E-state index contributed by atoms with van der Waals surface area (Å²) >= 11 is 5.38. The fraction of sp³-hybridized carbons (Fsp3) is 0.667. The molecule has 0 radical (unpaired) electrons. The van der Waals surface area contributed by atoms with Crippen molar-refractivity contribution in [3.8, 4) is 0 Å². The van der Waals surface area contributed by atoms with Crippen molar-refractivity contribution in [1.82, 2.24) is 9.88 Å². The van der Waals surface area contributed by atoms with Crippen LogP contribution in [-0.4, -0.2) is 46.7 Å². The number of nitrogens with zero attached hydrogens (tertiary/aromatic N) is 2. The molecule has 1 atom stereocenters. The first-order valence-corrected chi connectivity index (χ1v) is 7.93. The van der Waals surface area contributed by atoms with Crippen molar-refractivity contribution in [3.05, 3.63) is 17.3 Å². The summed E-state index contributed by atoms with van der Waals surface area (Å²) in [7, 11) is 0. The van der Waals surface area contributed by atoms with Crippen molar-refractivity contribution in [3.63, 3.8) is 0 Å². The average molecular weight is 345 g/mol. The van der Waals surface area contributed by atoms with Crippen LogP contribution in [0.5, 0.6) is 0 Å². The van der Waals surface area contributed by atoms with Gasteiger partial charge in [0.05, 0.1) is 11.6 Å². The molecular weight excluding hydrogens is 324 g/mol. The van der Waals surface area contributed by atoms with Crippen LogP contribution in [-0.2, 0) is 9.47 Å². The minimum absolute atomic E-state index is 0.0522. The molecule has 8 heteroatoms. The number of carbonyl (C=O) groups excluding carboxylic acids is 2. The molecule has 1 aliphatic heterocycles. The number of aryl methyl sites for hydroxylation is 1.